The minimum atomic E-state index is 0.652. The van der Waals surface area contributed by atoms with Gasteiger partial charge in [0.25, 0.3) is 0 Å². The quantitative estimate of drug-likeness (QED) is 0.841. The molecule has 0 aliphatic rings. The molecular weight excluding hydrogens is 308 g/mol. The number of benzene rings is 2. The van der Waals surface area contributed by atoms with E-state index in [2.05, 4.69) is 21.2 Å². The second kappa shape index (κ2) is 5.84. The average molecular weight is 323 g/mol. The summed E-state index contributed by atoms with van der Waals surface area (Å²) in [4.78, 5) is 0. The summed E-state index contributed by atoms with van der Waals surface area (Å²) in [6.45, 7) is 0. The van der Waals surface area contributed by atoms with E-state index in [0.29, 0.717) is 5.69 Å². The standard InChI is InChI=1S/C14H15BrN2O2/c1-18-10-4-6-14(19-2)13(8-10)17-12-5-3-9(15)7-11(12)16/h3-8,17H,16H2,1-2H3. The van der Waals surface area contributed by atoms with E-state index in [1.165, 1.54) is 0 Å². The van der Waals surface area contributed by atoms with Gasteiger partial charge in [-0.25, -0.2) is 0 Å². The molecule has 0 amide bonds. The zero-order valence-electron chi connectivity index (χ0n) is 10.7. The third kappa shape index (κ3) is 3.12. The van der Waals surface area contributed by atoms with Crippen molar-refractivity contribution in [2.45, 2.75) is 0 Å². The number of rotatable bonds is 4. The van der Waals surface area contributed by atoms with Crippen molar-refractivity contribution < 1.29 is 9.47 Å². The van der Waals surface area contributed by atoms with E-state index in [1.54, 1.807) is 14.2 Å². The number of hydrogen-bond donors (Lipinski definition) is 2. The molecule has 0 radical (unpaired) electrons. The van der Waals surface area contributed by atoms with Crippen LogP contribution < -0.4 is 20.5 Å². The zero-order valence-corrected chi connectivity index (χ0v) is 12.3. The molecule has 0 saturated heterocycles. The molecule has 2 aromatic carbocycles. The molecule has 2 rings (SSSR count). The van der Waals surface area contributed by atoms with Crippen LogP contribution in [0, 0.1) is 0 Å². The molecule has 0 spiro atoms. The summed E-state index contributed by atoms with van der Waals surface area (Å²) in [5, 5.41) is 3.24. The number of nitrogens with two attached hydrogens (primary N) is 1. The topological polar surface area (TPSA) is 56.5 Å². The zero-order chi connectivity index (χ0) is 13.8. The summed E-state index contributed by atoms with van der Waals surface area (Å²) in [7, 11) is 3.25. The summed E-state index contributed by atoms with van der Waals surface area (Å²) in [5.74, 6) is 1.47. The van der Waals surface area contributed by atoms with Gasteiger partial charge in [-0.15, -0.1) is 0 Å². The van der Waals surface area contributed by atoms with Gasteiger partial charge in [0.15, 0.2) is 0 Å². The third-order valence-corrected chi connectivity index (χ3v) is 3.18. The highest BCUT2D eigenvalue weighted by atomic mass is 79.9. The minimum Gasteiger partial charge on any atom is -0.497 e. The maximum absolute atomic E-state index is 5.97. The molecular formula is C14H15BrN2O2. The van der Waals surface area contributed by atoms with Crippen molar-refractivity contribution in [1.82, 2.24) is 0 Å². The van der Waals surface area contributed by atoms with Crippen LogP contribution in [0.1, 0.15) is 0 Å². The second-order valence-corrected chi connectivity index (χ2v) is 4.84. The molecule has 0 bridgehead atoms. The molecule has 0 heterocycles. The van der Waals surface area contributed by atoms with E-state index in [0.717, 1.165) is 27.3 Å². The van der Waals surface area contributed by atoms with Crippen molar-refractivity contribution in [2.24, 2.45) is 0 Å². The first-order valence-electron chi connectivity index (χ1n) is 5.68. The van der Waals surface area contributed by atoms with E-state index in [9.17, 15) is 0 Å². The first-order valence-corrected chi connectivity index (χ1v) is 6.47. The number of hydrogen-bond acceptors (Lipinski definition) is 4. The Balaban J connectivity index is 2.36. The molecule has 0 atom stereocenters. The smallest absolute Gasteiger partial charge is 0.142 e. The lowest BCUT2D eigenvalue weighted by Crippen LogP contribution is -1.99. The molecule has 0 unspecified atom stereocenters. The van der Waals surface area contributed by atoms with E-state index in [1.807, 2.05) is 36.4 Å². The highest BCUT2D eigenvalue weighted by Gasteiger charge is 2.07. The number of ether oxygens (including phenoxy) is 2. The first kappa shape index (κ1) is 13.5. The van der Waals surface area contributed by atoms with Crippen LogP contribution in [-0.2, 0) is 0 Å². The van der Waals surface area contributed by atoms with Gasteiger partial charge in [0.2, 0.25) is 0 Å². The lowest BCUT2D eigenvalue weighted by Gasteiger charge is -2.14. The highest BCUT2D eigenvalue weighted by molar-refractivity contribution is 9.10. The molecule has 0 fully saturated rings. The predicted octanol–water partition coefficient (Wildman–Crippen LogP) is 3.79. The van der Waals surface area contributed by atoms with Crippen molar-refractivity contribution in [1.29, 1.82) is 0 Å². The van der Waals surface area contributed by atoms with Gasteiger partial charge in [-0.1, -0.05) is 15.9 Å². The van der Waals surface area contributed by atoms with E-state index >= 15 is 0 Å². The maximum Gasteiger partial charge on any atom is 0.142 e. The van der Waals surface area contributed by atoms with Crippen molar-refractivity contribution in [2.75, 3.05) is 25.3 Å². The normalized spacial score (nSPS) is 10.1. The summed E-state index contributed by atoms with van der Waals surface area (Å²) in [6, 6.07) is 11.2. The fourth-order valence-electron chi connectivity index (χ4n) is 1.70. The lowest BCUT2D eigenvalue weighted by atomic mass is 10.2. The number of halogens is 1. The monoisotopic (exact) mass is 322 g/mol. The fraction of sp³-hybridized carbons (Fsp3) is 0.143. The average Bonchev–Trinajstić information content (AvgIpc) is 2.41. The van der Waals surface area contributed by atoms with Crippen molar-refractivity contribution in [3.05, 3.63) is 40.9 Å². The van der Waals surface area contributed by atoms with Crippen LogP contribution in [0.4, 0.5) is 17.1 Å². The van der Waals surface area contributed by atoms with E-state index < -0.39 is 0 Å². The molecule has 2 aromatic rings. The molecule has 0 aliphatic carbocycles. The van der Waals surface area contributed by atoms with Gasteiger partial charge >= 0.3 is 0 Å². The molecule has 0 aliphatic heterocycles. The van der Waals surface area contributed by atoms with Gasteiger partial charge in [0, 0.05) is 10.5 Å². The van der Waals surface area contributed by atoms with E-state index in [4.69, 9.17) is 15.2 Å². The van der Waals surface area contributed by atoms with Crippen LogP contribution in [0.2, 0.25) is 0 Å². The SMILES string of the molecule is COc1ccc(OC)c(Nc2ccc(Br)cc2N)c1. The Hall–Kier alpha value is -1.88. The molecule has 100 valence electrons. The van der Waals surface area contributed by atoms with Gasteiger partial charge in [-0.2, -0.15) is 0 Å². The lowest BCUT2D eigenvalue weighted by molar-refractivity contribution is 0.405. The van der Waals surface area contributed by atoms with Crippen LogP contribution in [0.15, 0.2) is 40.9 Å². The fourth-order valence-corrected chi connectivity index (χ4v) is 2.08. The second-order valence-electron chi connectivity index (χ2n) is 3.92. The van der Waals surface area contributed by atoms with Crippen molar-refractivity contribution in [3.63, 3.8) is 0 Å². The minimum absolute atomic E-state index is 0.652. The Morgan fingerprint density at radius 1 is 1.00 bits per heavy atom. The van der Waals surface area contributed by atoms with E-state index in [-0.39, 0.29) is 0 Å². The summed E-state index contributed by atoms with van der Waals surface area (Å²) >= 11 is 3.38. The molecule has 3 N–H and O–H groups in total. The largest absolute Gasteiger partial charge is 0.497 e. The van der Waals surface area contributed by atoms with Crippen LogP contribution in [0.5, 0.6) is 11.5 Å². The molecule has 0 saturated carbocycles. The highest BCUT2D eigenvalue weighted by Crippen LogP contribution is 2.34. The Kier molecular flexibility index (Phi) is 4.16. The molecule has 0 aromatic heterocycles. The van der Waals surface area contributed by atoms with Crippen LogP contribution >= 0.6 is 15.9 Å². The number of nitrogen functional groups attached to an aromatic ring is 1. The Morgan fingerprint density at radius 2 is 1.79 bits per heavy atom. The molecule has 19 heavy (non-hydrogen) atoms. The predicted molar refractivity (Wildman–Crippen MR) is 81.4 cm³/mol. The van der Waals surface area contributed by atoms with Crippen LogP contribution in [0.25, 0.3) is 0 Å². The summed E-state index contributed by atoms with van der Waals surface area (Å²) in [5.41, 5.74) is 8.24. The van der Waals surface area contributed by atoms with Gasteiger partial charge in [0.05, 0.1) is 31.3 Å². The Morgan fingerprint density at radius 3 is 2.42 bits per heavy atom. The van der Waals surface area contributed by atoms with Gasteiger partial charge in [-0.3, -0.25) is 0 Å². The van der Waals surface area contributed by atoms with Gasteiger partial charge in [-0.05, 0) is 30.3 Å². The van der Waals surface area contributed by atoms with Crippen LogP contribution in [-0.4, -0.2) is 14.2 Å². The summed E-state index contributed by atoms with van der Waals surface area (Å²) < 4.78 is 11.5. The molecule has 5 heteroatoms. The van der Waals surface area contributed by atoms with Crippen LogP contribution in [0.3, 0.4) is 0 Å². The number of anilines is 3. The number of methoxy groups -OCH3 is 2. The van der Waals surface area contributed by atoms with Gasteiger partial charge in [0.1, 0.15) is 11.5 Å². The Labute approximate surface area is 120 Å². The van der Waals surface area contributed by atoms with Gasteiger partial charge < -0.3 is 20.5 Å². The maximum atomic E-state index is 5.97. The summed E-state index contributed by atoms with van der Waals surface area (Å²) in [6.07, 6.45) is 0. The first-order chi connectivity index (χ1) is 9.13. The molecule has 4 nitrogen and oxygen atoms in total. The van der Waals surface area contributed by atoms with Crippen molar-refractivity contribution >= 4 is 33.0 Å². The Bertz CT molecular complexity index is 588. The number of nitrogens with one attached hydrogen (secondary N) is 1. The van der Waals surface area contributed by atoms with Crippen molar-refractivity contribution in [3.8, 4) is 11.5 Å². The third-order valence-electron chi connectivity index (χ3n) is 2.69.